The minimum absolute atomic E-state index is 0.244. The molecule has 0 heterocycles. The van der Waals surface area contributed by atoms with Crippen LogP contribution in [0.3, 0.4) is 0 Å². The Labute approximate surface area is 161 Å². The minimum Gasteiger partial charge on any atom is -0.234 e. The van der Waals surface area contributed by atoms with Gasteiger partial charge in [0.15, 0.2) is 0 Å². The number of rotatable bonds is 2. The molecule has 25 heavy (non-hydrogen) atoms. The monoisotopic (exact) mass is 393 g/mol. The SMILES string of the molecule is CC(C)(C)S(=O)N=C1CC[C@@H](c2ccc(Cl)c(Cl)c2)c2ccccc21. The fourth-order valence-electron chi connectivity index (χ4n) is 3.04. The first-order valence-corrected chi connectivity index (χ1v) is 10.2. The molecule has 0 N–H and O–H groups in total. The highest BCUT2D eigenvalue weighted by Crippen LogP contribution is 2.39. The average Bonchev–Trinajstić information content (AvgIpc) is 2.57. The number of halogens is 2. The van der Waals surface area contributed by atoms with Crippen LogP contribution in [0.4, 0.5) is 0 Å². The van der Waals surface area contributed by atoms with Crippen molar-refractivity contribution in [1.29, 1.82) is 0 Å². The summed E-state index contributed by atoms with van der Waals surface area (Å²) in [6, 6.07) is 14.1. The molecule has 1 aliphatic carbocycles. The van der Waals surface area contributed by atoms with Gasteiger partial charge in [0, 0.05) is 11.5 Å². The van der Waals surface area contributed by atoms with E-state index in [1.165, 1.54) is 5.56 Å². The molecule has 0 aliphatic heterocycles. The lowest BCUT2D eigenvalue weighted by Crippen LogP contribution is -2.23. The first kappa shape index (κ1) is 18.6. The van der Waals surface area contributed by atoms with Crippen molar-refractivity contribution in [2.24, 2.45) is 4.40 Å². The Hall–Kier alpha value is -1.16. The standard InChI is InChI=1S/C20H21Cl2NOS/c1-20(2,3)25(24)23-19-11-9-14(15-6-4-5-7-16(15)19)13-8-10-17(21)18(22)12-13/h4-8,10,12,14H,9,11H2,1-3H3/t14-,25?/m0/s1. The number of hydrogen-bond donors (Lipinski definition) is 0. The van der Waals surface area contributed by atoms with E-state index in [1.54, 1.807) is 0 Å². The highest BCUT2D eigenvalue weighted by Gasteiger charge is 2.27. The summed E-state index contributed by atoms with van der Waals surface area (Å²) in [5.74, 6) is 0.244. The predicted molar refractivity (Wildman–Crippen MR) is 108 cm³/mol. The molecule has 2 aromatic carbocycles. The molecule has 3 rings (SSSR count). The third-order valence-electron chi connectivity index (χ3n) is 4.38. The zero-order valence-electron chi connectivity index (χ0n) is 14.6. The van der Waals surface area contributed by atoms with Crippen LogP contribution < -0.4 is 0 Å². The molecule has 2 atom stereocenters. The van der Waals surface area contributed by atoms with Crippen LogP contribution in [-0.2, 0) is 11.0 Å². The second kappa shape index (κ2) is 7.22. The Balaban J connectivity index is 2.03. The van der Waals surface area contributed by atoms with E-state index < -0.39 is 11.0 Å². The van der Waals surface area contributed by atoms with Gasteiger partial charge in [0.1, 0.15) is 11.0 Å². The molecule has 0 radical (unpaired) electrons. The van der Waals surface area contributed by atoms with Gasteiger partial charge in [0.05, 0.1) is 20.5 Å². The average molecular weight is 394 g/mol. The quantitative estimate of drug-likeness (QED) is 0.599. The fourth-order valence-corrected chi connectivity index (χ4v) is 4.01. The van der Waals surface area contributed by atoms with Crippen LogP contribution in [0.5, 0.6) is 0 Å². The van der Waals surface area contributed by atoms with Crippen LogP contribution in [-0.4, -0.2) is 14.7 Å². The molecule has 0 saturated heterocycles. The third kappa shape index (κ3) is 3.99. The van der Waals surface area contributed by atoms with Gasteiger partial charge in [0.2, 0.25) is 0 Å². The maximum Gasteiger partial charge on any atom is 0.145 e. The van der Waals surface area contributed by atoms with Crippen molar-refractivity contribution in [2.45, 2.75) is 44.3 Å². The first-order valence-electron chi connectivity index (χ1n) is 8.31. The zero-order chi connectivity index (χ0) is 18.2. The molecule has 2 aromatic rings. The number of fused-ring (bicyclic) bond motifs is 1. The van der Waals surface area contributed by atoms with E-state index in [9.17, 15) is 4.21 Å². The summed E-state index contributed by atoms with van der Waals surface area (Å²) < 4.78 is 16.7. The molecular formula is C20H21Cl2NOS. The van der Waals surface area contributed by atoms with E-state index in [4.69, 9.17) is 23.2 Å². The van der Waals surface area contributed by atoms with Gasteiger partial charge in [-0.1, -0.05) is 53.5 Å². The van der Waals surface area contributed by atoms with Crippen LogP contribution in [0.15, 0.2) is 46.9 Å². The summed E-state index contributed by atoms with van der Waals surface area (Å²) in [5, 5.41) is 1.14. The predicted octanol–water partition coefficient (Wildman–Crippen LogP) is 6.17. The Morgan fingerprint density at radius 2 is 1.80 bits per heavy atom. The smallest absolute Gasteiger partial charge is 0.145 e. The van der Waals surface area contributed by atoms with E-state index in [-0.39, 0.29) is 10.7 Å². The van der Waals surface area contributed by atoms with Crippen LogP contribution in [0, 0.1) is 0 Å². The molecule has 0 saturated carbocycles. The molecule has 0 fully saturated rings. The molecule has 0 aromatic heterocycles. The van der Waals surface area contributed by atoms with Crippen molar-refractivity contribution >= 4 is 39.9 Å². The molecule has 1 aliphatic rings. The normalized spacial score (nSPS) is 20.4. The maximum absolute atomic E-state index is 12.5. The van der Waals surface area contributed by atoms with E-state index >= 15 is 0 Å². The van der Waals surface area contributed by atoms with Crippen molar-refractivity contribution in [3.05, 3.63) is 69.2 Å². The molecular weight excluding hydrogens is 373 g/mol. The fraction of sp³-hybridized carbons (Fsp3) is 0.350. The summed E-state index contributed by atoms with van der Waals surface area (Å²) >= 11 is 12.3. The second-order valence-electron chi connectivity index (χ2n) is 7.25. The zero-order valence-corrected chi connectivity index (χ0v) is 16.9. The lowest BCUT2D eigenvalue weighted by molar-refractivity contribution is 0.650. The highest BCUT2D eigenvalue weighted by molar-refractivity contribution is 7.85. The molecule has 2 nitrogen and oxygen atoms in total. The van der Waals surface area contributed by atoms with Gasteiger partial charge < -0.3 is 0 Å². The Bertz CT molecular complexity index is 855. The van der Waals surface area contributed by atoms with Gasteiger partial charge in [-0.3, -0.25) is 0 Å². The third-order valence-corrected chi connectivity index (χ3v) is 6.55. The molecule has 132 valence electrons. The summed E-state index contributed by atoms with van der Waals surface area (Å²) in [4.78, 5) is 0. The summed E-state index contributed by atoms with van der Waals surface area (Å²) in [5.41, 5.74) is 4.37. The Morgan fingerprint density at radius 3 is 2.48 bits per heavy atom. The van der Waals surface area contributed by atoms with Gasteiger partial charge in [0.25, 0.3) is 0 Å². The lowest BCUT2D eigenvalue weighted by Gasteiger charge is -2.27. The van der Waals surface area contributed by atoms with Crippen LogP contribution in [0.2, 0.25) is 10.0 Å². The van der Waals surface area contributed by atoms with Crippen LogP contribution in [0.1, 0.15) is 56.2 Å². The van der Waals surface area contributed by atoms with Gasteiger partial charge in [-0.25, -0.2) is 4.21 Å². The van der Waals surface area contributed by atoms with Gasteiger partial charge in [-0.2, -0.15) is 4.40 Å². The second-order valence-corrected chi connectivity index (χ2v) is 9.97. The summed E-state index contributed by atoms with van der Waals surface area (Å²) in [7, 11) is -1.26. The largest absolute Gasteiger partial charge is 0.234 e. The van der Waals surface area contributed by atoms with Gasteiger partial charge in [-0.05, 0) is 56.9 Å². The molecule has 0 spiro atoms. The van der Waals surface area contributed by atoms with E-state index in [0.29, 0.717) is 10.0 Å². The maximum atomic E-state index is 12.5. The number of nitrogens with zero attached hydrogens (tertiary/aromatic N) is 1. The minimum atomic E-state index is -1.26. The van der Waals surface area contributed by atoms with Crippen molar-refractivity contribution in [3.63, 3.8) is 0 Å². The van der Waals surface area contributed by atoms with Gasteiger partial charge >= 0.3 is 0 Å². The molecule has 5 heteroatoms. The molecule has 0 bridgehead atoms. The summed E-state index contributed by atoms with van der Waals surface area (Å²) in [6.45, 7) is 5.83. The topological polar surface area (TPSA) is 29.4 Å². The van der Waals surface area contributed by atoms with Crippen molar-refractivity contribution < 1.29 is 4.21 Å². The van der Waals surface area contributed by atoms with E-state index in [0.717, 1.165) is 29.7 Å². The molecule has 1 unspecified atom stereocenters. The lowest BCUT2D eigenvalue weighted by atomic mass is 9.78. The van der Waals surface area contributed by atoms with E-state index in [2.05, 4.69) is 16.5 Å². The van der Waals surface area contributed by atoms with Crippen LogP contribution in [0.25, 0.3) is 0 Å². The molecule has 0 amide bonds. The Morgan fingerprint density at radius 1 is 1.08 bits per heavy atom. The van der Waals surface area contributed by atoms with Gasteiger partial charge in [-0.15, -0.1) is 0 Å². The first-order chi connectivity index (χ1) is 11.8. The summed E-state index contributed by atoms with van der Waals surface area (Å²) in [6.07, 6.45) is 1.71. The highest BCUT2D eigenvalue weighted by atomic mass is 35.5. The van der Waals surface area contributed by atoms with Crippen molar-refractivity contribution in [1.82, 2.24) is 0 Å². The van der Waals surface area contributed by atoms with Crippen molar-refractivity contribution in [2.75, 3.05) is 0 Å². The number of hydrogen-bond acceptors (Lipinski definition) is 1. The number of benzene rings is 2. The van der Waals surface area contributed by atoms with Crippen LogP contribution >= 0.6 is 23.2 Å². The Kier molecular flexibility index (Phi) is 5.38. The van der Waals surface area contributed by atoms with Crippen molar-refractivity contribution in [3.8, 4) is 0 Å². The van der Waals surface area contributed by atoms with E-state index in [1.807, 2.05) is 51.1 Å².